The lowest BCUT2D eigenvalue weighted by Gasteiger charge is -2.15. The van der Waals surface area contributed by atoms with Crippen LogP contribution in [0.3, 0.4) is 0 Å². The number of esters is 1. The van der Waals surface area contributed by atoms with E-state index in [4.69, 9.17) is 42.5 Å². The summed E-state index contributed by atoms with van der Waals surface area (Å²) in [5.74, 6) is -0.783. The van der Waals surface area contributed by atoms with E-state index in [1.54, 1.807) is 36.4 Å². The average molecular weight is 475 g/mol. The van der Waals surface area contributed by atoms with Crippen molar-refractivity contribution in [2.75, 3.05) is 13.2 Å². The topological polar surface area (TPSA) is 82.1 Å². The molecule has 0 aromatic heterocycles. The largest absolute Gasteiger partial charge is 0.482 e. The number of hydrogen-bond donors (Lipinski definition) is 1. The first-order valence-corrected chi connectivity index (χ1v) is 10.4. The Morgan fingerprint density at radius 1 is 0.781 bits per heavy atom. The number of aliphatic carboxylic acids is 1. The van der Waals surface area contributed by atoms with Crippen molar-refractivity contribution in [3.63, 3.8) is 0 Å². The highest BCUT2D eigenvalue weighted by Gasteiger charge is 2.14. The Morgan fingerprint density at radius 2 is 1.34 bits per heavy atom. The van der Waals surface area contributed by atoms with Crippen LogP contribution in [0.5, 0.6) is 11.5 Å². The summed E-state index contributed by atoms with van der Waals surface area (Å²) in [5, 5.41) is 9.85. The first-order valence-electron chi connectivity index (χ1n) is 9.64. The molecule has 0 radical (unpaired) electrons. The van der Waals surface area contributed by atoms with Gasteiger partial charge < -0.3 is 19.3 Å². The van der Waals surface area contributed by atoms with Crippen LogP contribution in [0, 0.1) is 0 Å². The summed E-state index contributed by atoms with van der Waals surface area (Å²) >= 11 is 12.3. The SMILES string of the molecule is O=C(O)COc1ccc(Cl)cc1Cc1cc(Cl)ccc1OCC(=O)OCc1ccccc1. The number of benzene rings is 3. The maximum atomic E-state index is 12.1. The highest BCUT2D eigenvalue weighted by molar-refractivity contribution is 6.31. The summed E-state index contributed by atoms with van der Waals surface area (Å²) in [6.45, 7) is -0.608. The average Bonchev–Trinajstić information content (AvgIpc) is 2.77. The summed E-state index contributed by atoms with van der Waals surface area (Å²) in [6.07, 6.45) is 0.296. The van der Waals surface area contributed by atoms with Gasteiger partial charge in [-0.25, -0.2) is 9.59 Å². The van der Waals surface area contributed by atoms with Crippen LogP contribution < -0.4 is 9.47 Å². The predicted octanol–water partition coefficient (Wildman–Crippen LogP) is 5.17. The fourth-order valence-electron chi connectivity index (χ4n) is 2.92. The fraction of sp³-hybridized carbons (Fsp3) is 0.167. The fourth-order valence-corrected chi connectivity index (χ4v) is 3.30. The first-order chi connectivity index (χ1) is 15.4. The van der Waals surface area contributed by atoms with E-state index in [0.717, 1.165) is 5.56 Å². The molecule has 8 heteroatoms. The second-order valence-corrected chi connectivity index (χ2v) is 7.67. The molecule has 0 spiro atoms. The number of carbonyl (C=O) groups is 2. The monoisotopic (exact) mass is 474 g/mol. The lowest BCUT2D eigenvalue weighted by atomic mass is 10.0. The highest BCUT2D eigenvalue weighted by Crippen LogP contribution is 2.30. The highest BCUT2D eigenvalue weighted by atomic mass is 35.5. The predicted molar refractivity (Wildman–Crippen MR) is 121 cm³/mol. The van der Waals surface area contributed by atoms with Crippen molar-refractivity contribution in [3.8, 4) is 11.5 Å². The Kier molecular flexibility index (Phi) is 8.36. The number of hydrogen-bond acceptors (Lipinski definition) is 5. The zero-order valence-corrected chi connectivity index (χ0v) is 18.4. The van der Waals surface area contributed by atoms with Gasteiger partial charge in [-0.3, -0.25) is 0 Å². The van der Waals surface area contributed by atoms with Gasteiger partial charge in [-0.2, -0.15) is 0 Å². The number of carbonyl (C=O) groups excluding carboxylic acids is 1. The molecule has 32 heavy (non-hydrogen) atoms. The van der Waals surface area contributed by atoms with E-state index in [9.17, 15) is 9.59 Å². The van der Waals surface area contributed by atoms with Gasteiger partial charge in [0.1, 0.15) is 18.1 Å². The second kappa shape index (κ2) is 11.4. The van der Waals surface area contributed by atoms with E-state index in [-0.39, 0.29) is 13.2 Å². The van der Waals surface area contributed by atoms with Crippen molar-refractivity contribution in [3.05, 3.63) is 93.5 Å². The third-order valence-corrected chi connectivity index (χ3v) is 4.84. The van der Waals surface area contributed by atoms with E-state index < -0.39 is 18.5 Å². The third kappa shape index (κ3) is 7.18. The molecule has 6 nitrogen and oxygen atoms in total. The van der Waals surface area contributed by atoms with Crippen LogP contribution in [0.4, 0.5) is 0 Å². The van der Waals surface area contributed by atoms with Gasteiger partial charge in [-0.15, -0.1) is 0 Å². The van der Waals surface area contributed by atoms with E-state index in [1.807, 2.05) is 30.3 Å². The molecular weight excluding hydrogens is 455 g/mol. The van der Waals surface area contributed by atoms with E-state index in [2.05, 4.69) is 0 Å². The summed E-state index contributed by atoms with van der Waals surface area (Å²) in [5.41, 5.74) is 2.20. The lowest BCUT2D eigenvalue weighted by molar-refractivity contribution is -0.147. The van der Waals surface area contributed by atoms with Crippen molar-refractivity contribution in [2.45, 2.75) is 13.0 Å². The molecule has 1 N–H and O–H groups in total. The van der Waals surface area contributed by atoms with Gasteiger partial charge in [-0.1, -0.05) is 53.5 Å². The molecule has 0 heterocycles. The maximum absolute atomic E-state index is 12.1. The molecule has 3 aromatic rings. The van der Waals surface area contributed by atoms with Gasteiger partial charge in [0.2, 0.25) is 0 Å². The van der Waals surface area contributed by atoms with Crippen LogP contribution in [-0.2, 0) is 27.4 Å². The normalized spacial score (nSPS) is 10.4. The van der Waals surface area contributed by atoms with Crippen LogP contribution in [0.15, 0.2) is 66.7 Å². The van der Waals surface area contributed by atoms with Crippen molar-refractivity contribution in [1.82, 2.24) is 0 Å². The number of carboxylic acids is 1. The Bertz CT molecular complexity index is 1090. The molecule has 0 atom stereocenters. The van der Waals surface area contributed by atoms with Crippen molar-refractivity contribution < 1.29 is 28.9 Å². The van der Waals surface area contributed by atoms with E-state index in [0.29, 0.717) is 39.1 Å². The van der Waals surface area contributed by atoms with Gasteiger partial charge in [0, 0.05) is 27.6 Å². The third-order valence-electron chi connectivity index (χ3n) is 4.37. The molecule has 0 aliphatic rings. The van der Waals surface area contributed by atoms with Gasteiger partial charge in [0.25, 0.3) is 0 Å². The minimum Gasteiger partial charge on any atom is -0.482 e. The Morgan fingerprint density at radius 3 is 1.91 bits per heavy atom. The van der Waals surface area contributed by atoms with Gasteiger partial charge in [-0.05, 0) is 42.0 Å². The maximum Gasteiger partial charge on any atom is 0.344 e. The van der Waals surface area contributed by atoms with Crippen molar-refractivity contribution >= 4 is 35.1 Å². The van der Waals surface area contributed by atoms with Gasteiger partial charge >= 0.3 is 11.9 Å². The molecule has 166 valence electrons. The minimum atomic E-state index is -1.09. The molecule has 0 saturated heterocycles. The Balaban J connectivity index is 1.69. The van der Waals surface area contributed by atoms with Crippen LogP contribution in [0.2, 0.25) is 10.0 Å². The van der Waals surface area contributed by atoms with Crippen LogP contribution in [0.25, 0.3) is 0 Å². The summed E-state index contributed by atoms with van der Waals surface area (Å²) in [7, 11) is 0. The van der Waals surface area contributed by atoms with Crippen molar-refractivity contribution in [1.29, 1.82) is 0 Å². The molecule has 0 saturated carbocycles. The number of rotatable bonds is 10. The summed E-state index contributed by atoms with van der Waals surface area (Å²) < 4.78 is 16.3. The van der Waals surface area contributed by atoms with E-state index >= 15 is 0 Å². The van der Waals surface area contributed by atoms with E-state index in [1.165, 1.54) is 0 Å². The van der Waals surface area contributed by atoms with Crippen molar-refractivity contribution in [2.24, 2.45) is 0 Å². The molecular formula is C24H20Cl2O6. The molecule has 0 aliphatic carbocycles. The molecule has 0 aliphatic heterocycles. The quantitative estimate of drug-likeness (QED) is 0.408. The van der Waals surface area contributed by atoms with Gasteiger partial charge in [0.05, 0.1) is 0 Å². The number of carboxylic acid groups (broad SMARTS) is 1. The second-order valence-electron chi connectivity index (χ2n) is 6.80. The molecule has 0 bridgehead atoms. The lowest BCUT2D eigenvalue weighted by Crippen LogP contribution is -2.15. The molecule has 3 aromatic carbocycles. The summed E-state index contributed by atoms with van der Waals surface area (Å²) in [4.78, 5) is 23.0. The summed E-state index contributed by atoms with van der Waals surface area (Å²) in [6, 6.07) is 19.2. The first kappa shape index (κ1) is 23.4. The van der Waals surface area contributed by atoms with Crippen LogP contribution in [0.1, 0.15) is 16.7 Å². The Labute approximate surface area is 195 Å². The standard InChI is InChI=1S/C24H20Cl2O6/c25-19-6-8-21(30-14-23(27)28)17(11-19)10-18-12-20(26)7-9-22(18)31-15-24(29)32-13-16-4-2-1-3-5-16/h1-9,11-12H,10,13-15H2,(H,27,28). The molecule has 0 fully saturated rings. The smallest absolute Gasteiger partial charge is 0.344 e. The molecule has 0 unspecified atom stereocenters. The number of halogens is 2. The molecule has 3 rings (SSSR count). The van der Waals surface area contributed by atoms with Crippen LogP contribution >= 0.6 is 23.2 Å². The van der Waals surface area contributed by atoms with Gasteiger partial charge in [0.15, 0.2) is 13.2 Å². The Hall–Kier alpha value is -3.22. The molecule has 0 amide bonds. The number of ether oxygens (including phenoxy) is 3. The zero-order valence-electron chi connectivity index (χ0n) is 16.9. The minimum absolute atomic E-state index is 0.156. The van der Waals surface area contributed by atoms with Crippen LogP contribution in [-0.4, -0.2) is 30.3 Å². The zero-order chi connectivity index (χ0) is 22.9.